The van der Waals surface area contributed by atoms with Crippen LogP contribution in [-0.4, -0.2) is 35.9 Å². The molecule has 1 N–H and O–H groups in total. The Morgan fingerprint density at radius 3 is 2.70 bits per heavy atom. The molecule has 0 atom stereocenters. The van der Waals surface area contributed by atoms with Gasteiger partial charge in [0.1, 0.15) is 5.69 Å². The van der Waals surface area contributed by atoms with Crippen LogP contribution in [0.3, 0.4) is 0 Å². The largest absolute Gasteiger partial charge is 0.296 e. The van der Waals surface area contributed by atoms with Gasteiger partial charge in [-0.1, -0.05) is 11.3 Å². The molecule has 0 spiro atoms. The number of amides is 1. The lowest BCUT2D eigenvalue weighted by molar-refractivity contribution is 0.101. The van der Waals surface area contributed by atoms with E-state index in [1.54, 1.807) is 24.5 Å². The van der Waals surface area contributed by atoms with Crippen molar-refractivity contribution in [1.29, 1.82) is 0 Å². The molecule has 4 aromatic rings. The van der Waals surface area contributed by atoms with E-state index in [0.717, 1.165) is 22.0 Å². The van der Waals surface area contributed by atoms with Gasteiger partial charge in [0.15, 0.2) is 10.8 Å². The maximum absolute atomic E-state index is 12.7. The highest BCUT2D eigenvalue weighted by Gasteiger charge is 2.18. The molecule has 1 amide bonds. The first kappa shape index (κ1) is 17.0. The zero-order chi connectivity index (χ0) is 18.8. The second-order valence-electron chi connectivity index (χ2n) is 5.78. The van der Waals surface area contributed by atoms with E-state index in [9.17, 15) is 4.79 Å². The van der Waals surface area contributed by atoms with E-state index in [2.05, 4.69) is 30.6 Å². The average Bonchev–Trinajstić information content (AvgIpc) is 3.29. The fraction of sp³-hybridized carbons (Fsp3) is 0.111. The lowest BCUT2D eigenvalue weighted by Crippen LogP contribution is -2.16. The van der Waals surface area contributed by atoms with Gasteiger partial charge in [-0.05, 0) is 38.1 Å². The molecule has 0 bridgehead atoms. The van der Waals surface area contributed by atoms with Gasteiger partial charge in [0.2, 0.25) is 0 Å². The Morgan fingerprint density at radius 2 is 1.93 bits per heavy atom. The Balaban J connectivity index is 1.60. The fourth-order valence-electron chi connectivity index (χ4n) is 2.59. The molecule has 0 radical (unpaired) electrons. The van der Waals surface area contributed by atoms with Crippen LogP contribution in [0.4, 0.5) is 5.13 Å². The molecule has 27 heavy (non-hydrogen) atoms. The van der Waals surface area contributed by atoms with Gasteiger partial charge in [-0.3, -0.25) is 20.1 Å². The predicted molar refractivity (Wildman–Crippen MR) is 102 cm³/mol. The minimum Gasteiger partial charge on any atom is -0.296 e. The van der Waals surface area contributed by atoms with Crippen molar-refractivity contribution >= 4 is 22.4 Å². The topological polar surface area (TPSA) is 98.5 Å². The third-order valence-corrected chi connectivity index (χ3v) is 4.72. The summed E-state index contributed by atoms with van der Waals surface area (Å²) in [6.07, 6.45) is 4.67. The molecule has 0 aliphatic heterocycles. The van der Waals surface area contributed by atoms with E-state index in [1.165, 1.54) is 22.2 Å². The SMILES string of the molecule is Cc1cccc(-c2nc(NC(=O)c3cnnn3-c3ccncc3)sc2C)n1. The van der Waals surface area contributed by atoms with Crippen LogP contribution in [0.25, 0.3) is 17.1 Å². The Labute approximate surface area is 159 Å². The van der Waals surface area contributed by atoms with E-state index in [4.69, 9.17) is 0 Å². The minimum atomic E-state index is -0.339. The molecule has 4 aromatic heterocycles. The van der Waals surface area contributed by atoms with Crippen LogP contribution in [0.1, 0.15) is 21.1 Å². The van der Waals surface area contributed by atoms with Crippen molar-refractivity contribution in [1.82, 2.24) is 29.9 Å². The summed E-state index contributed by atoms with van der Waals surface area (Å²) in [4.78, 5) is 26.7. The smallest absolute Gasteiger partial charge is 0.277 e. The first-order valence-electron chi connectivity index (χ1n) is 8.16. The van der Waals surface area contributed by atoms with Gasteiger partial charge in [-0.15, -0.1) is 16.4 Å². The molecule has 0 unspecified atom stereocenters. The van der Waals surface area contributed by atoms with E-state index < -0.39 is 0 Å². The van der Waals surface area contributed by atoms with Crippen molar-refractivity contribution in [3.05, 3.63) is 65.2 Å². The van der Waals surface area contributed by atoms with Gasteiger partial charge in [0, 0.05) is 23.0 Å². The maximum atomic E-state index is 12.7. The number of anilines is 1. The summed E-state index contributed by atoms with van der Waals surface area (Å²) in [5.41, 5.74) is 3.47. The monoisotopic (exact) mass is 377 g/mol. The van der Waals surface area contributed by atoms with E-state index in [1.807, 2.05) is 32.0 Å². The summed E-state index contributed by atoms with van der Waals surface area (Å²) >= 11 is 1.40. The Bertz CT molecular complexity index is 1100. The maximum Gasteiger partial charge on any atom is 0.277 e. The van der Waals surface area contributed by atoms with Crippen molar-refractivity contribution in [2.24, 2.45) is 0 Å². The van der Waals surface area contributed by atoms with Crippen LogP contribution in [0.5, 0.6) is 0 Å². The first-order chi connectivity index (χ1) is 13.1. The third kappa shape index (κ3) is 3.44. The number of aromatic nitrogens is 6. The average molecular weight is 377 g/mol. The van der Waals surface area contributed by atoms with Crippen LogP contribution in [0, 0.1) is 13.8 Å². The van der Waals surface area contributed by atoms with Gasteiger partial charge in [0.05, 0.1) is 17.6 Å². The highest BCUT2D eigenvalue weighted by molar-refractivity contribution is 7.16. The van der Waals surface area contributed by atoms with Crippen LogP contribution >= 0.6 is 11.3 Å². The molecule has 0 aliphatic carbocycles. The van der Waals surface area contributed by atoms with Gasteiger partial charge in [-0.2, -0.15) is 0 Å². The first-order valence-corrected chi connectivity index (χ1v) is 8.97. The van der Waals surface area contributed by atoms with Crippen molar-refractivity contribution in [3.63, 3.8) is 0 Å². The van der Waals surface area contributed by atoms with Crippen LogP contribution in [0.15, 0.2) is 48.9 Å². The quantitative estimate of drug-likeness (QED) is 0.587. The van der Waals surface area contributed by atoms with E-state index >= 15 is 0 Å². The van der Waals surface area contributed by atoms with Gasteiger partial charge < -0.3 is 0 Å². The molecule has 134 valence electrons. The number of aryl methyl sites for hydroxylation is 2. The highest BCUT2D eigenvalue weighted by atomic mass is 32.1. The summed E-state index contributed by atoms with van der Waals surface area (Å²) in [7, 11) is 0. The molecular weight excluding hydrogens is 362 g/mol. The zero-order valence-electron chi connectivity index (χ0n) is 14.6. The van der Waals surface area contributed by atoms with Crippen molar-refractivity contribution < 1.29 is 4.79 Å². The number of rotatable bonds is 4. The molecular formula is C18H15N7OS. The zero-order valence-corrected chi connectivity index (χ0v) is 15.4. The van der Waals surface area contributed by atoms with Crippen molar-refractivity contribution in [3.8, 4) is 17.1 Å². The number of thiazole rings is 1. The van der Waals surface area contributed by atoms with E-state index in [-0.39, 0.29) is 5.91 Å². The van der Waals surface area contributed by atoms with Crippen molar-refractivity contribution in [2.45, 2.75) is 13.8 Å². The molecule has 0 saturated carbocycles. The number of pyridine rings is 2. The van der Waals surface area contributed by atoms with Crippen LogP contribution in [-0.2, 0) is 0 Å². The molecule has 0 saturated heterocycles. The second kappa shape index (κ2) is 7.04. The molecule has 0 aromatic carbocycles. The number of nitrogens with one attached hydrogen (secondary N) is 1. The minimum absolute atomic E-state index is 0.310. The number of hydrogen-bond donors (Lipinski definition) is 1. The molecule has 4 heterocycles. The molecule has 8 nitrogen and oxygen atoms in total. The lowest BCUT2D eigenvalue weighted by atomic mass is 10.2. The predicted octanol–water partition coefficient (Wildman–Crippen LogP) is 3.05. The van der Waals surface area contributed by atoms with Crippen LogP contribution in [0.2, 0.25) is 0 Å². The molecule has 0 aliphatic rings. The second-order valence-corrected chi connectivity index (χ2v) is 6.98. The third-order valence-electron chi connectivity index (χ3n) is 3.84. The lowest BCUT2D eigenvalue weighted by Gasteiger charge is -2.05. The summed E-state index contributed by atoms with van der Waals surface area (Å²) in [5.74, 6) is -0.339. The number of nitrogens with zero attached hydrogens (tertiary/aromatic N) is 6. The molecule has 4 rings (SSSR count). The Kier molecular flexibility index (Phi) is 4.43. The summed E-state index contributed by atoms with van der Waals surface area (Å²) in [5, 5.41) is 11.1. The Morgan fingerprint density at radius 1 is 1.11 bits per heavy atom. The number of hydrogen-bond acceptors (Lipinski definition) is 7. The fourth-order valence-corrected chi connectivity index (χ4v) is 3.41. The summed E-state index contributed by atoms with van der Waals surface area (Å²) in [6, 6.07) is 9.28. The number of carbonyl (C=O) groups excluding carboxylic acids is 1. The standard InChI is InChI=1S/C18H15N7OS/c1-11-4-3-5-14(21-11)16-12(2)27-18(22-16)23-17(26)15-10-20-24-25(15)13-6-8-19-9-7-13/h3-10H,1-2H3,(H,22,23,26). The normalized spacial score (nSPS) is 10.7. The van der Waals surface area contributed by atoms with Crippen molar-refractivity contribution in [2.75, 3.05) is 5.32 Å². The number of carbonyl (C=O) groups is 1. The van der Waals surface area contributed by atoms with Gasteiger partial charge >= 0.3 is 0 Å². The molecule has 9 heteroatoms. The van der Waals surface area contributed by atoms with E-state index in [0.29, 0.717) is 16.5 Å². The van der Waals surface area contributed by atoms with Gasteiger partial charge in [-0.25, -0.2) is 9.67 Å². The summed E-state index contributed by atoms with van der Waals surface area (Å²) in [6.45, 7) is 3.89. The van der Waals surface area contributed by atoms with Gasteiger partial charge in [0.25, 0.3) is 5.91 Å². The van der Waals surface area contributed by atoms with Crippen LogP contribution < -0.4 is 5.32 Å². The highest BCUT2D eigenvalue weighted by Crippen LogP contribution is 2.29. The summed E-state index contributed by atoms with van der Waals surface area (Å²) < 4.78 is 1.46. The Hall–Kier alpha value is -3.46. The molecule has 0 fully saturated rings.